The fourth-order valence-corrected chi connectivity index (χ4v) is 4.51. The molecule has 2 aromatic carbocycles. The lowest BCUT2D eigenvalue weighted by Gasteiger charge is -2.11. The number of imidazole rings is 1. The fourth-order valence-electron chi connectivity index (χ4n) is 4.34. The van der Waals surface area contributed by atoms with Gasteiger partial charge in [0, 0.05) is 17.7 Å². The van der Waals surface area contributed by atoms with Crippen molar-refractivity contribution >= 4 is 11.6 Å². The van der Waals surface area contributed by atoms with E-state index in [0.717, 1.165) is 28.2 Å². The van der Waals surface area contributed by atoms with Gasteiger partial charge in [-0.2, -0.15) is 0 Å². The predicted molar refractivity (Wildman–Crippen MR) is 123 cm³/mol. The monoisotopic (exact) mass is 503 g/mol. The minimum atomic E-state index is -4.71. The van der Waals surface area contributed by atoms with Crippen LogP contribution in [0, 0.1) is 0 Å². The molecule has 0 amide bonds. The first kappa shape index (κ1) is 23.4. The van der Waals surface area contributed by atoms with Crippen molar-refractivity contribution in [2.24, 2.45) is 0 Å². The quantitative estimate of drug-likeness (QED) is 0.299. The van der Waals surface area contributed by atoms with E-state index in [2.05, 4.69) is 19.9 Å². The van der Waals surface area contributed by atoms with Gasteiger partial charge in [-0.1, -0.05) is 23.7 Å². The van der Waals surface area contributed by atoms with E-state index in [9.17, 15) is 13.2 Å². The lowest BCUT2D eigenvalue weighted by atomic mass is 10.1. The number of nitrogens with zero attached hydrogens (tertiary/aromatic N) is 5. The van der Waals surface area contributed by atoms with Crippen LogP contribution < -0.4 is 4.74 Å². The second-order valence-electron chi connectivity index (χ2n) is 8.18. The maximum absolute atomic E-state index is 12.5. The van der Waals surface area contributed by atoms with Crippen LogP contribution in [0.1, 0.15) is 29.2 Å². The molecule has 1 aliphatic heterocycles. The summed E-state index contributed by atoms with van der Waals surface area (Å²) in [6.45, 7) is 0.806. The highest BCUT2D eigenvalue weighted by atomic mass is 35.5. The number of benzene rings is 2. The number of halogens is 4. The molecular formula is C24H21ClF3N5O2. The Morgan fingerprint density at radius 2 is 1.94 bits per heavy atom. The van der Waals surface area contributed by atoms with E-state index in [-0.39, 0.29) is 5.75 Å². The summed E-state index contributed by atoms with van der Waals surface area (Å²) >= 11 is 6.29. The van der Waals surface area contributed by atoms with Crippen LogP contribution in [0.4, 0.5) is 13.2 Å². The Morgan fingerprint density at radius 1 is 1.09 bits per heavy atom. The molecule has 35 heavy (non-hydrogen) atoms. The second kappa shape index (κ2) is 9.35. The van der Waals surface area contributed by atoms with Crippen LogP contribution in [0.15, 0.2) is 48.8 Å². The van der Waals surface area contributed by atoms with Crippen LogP contribution in [0.5, 0.6) is 5.75 Å². The van der Waals surface area contributed by atoms with E-state index in [1.54, 1.807) is 25.6 Å². The average molecular weight is 504 g/mol. The summed E-state index contributed by atoms with van der Waals surface area (Å²) in [5.41, 5.74) is 4.39. The Hall–Kier alpha value is -3.37. The minimum Gasteiger partial charge on any atom is -0.406 e. The Balaban J connectivity index is 1.41. The first-order valence-electron chi connectivity index (χ1n) is 10.9. The summed E-state index contributed by atoms with van der Waals surface area (Å²) in [6, 6.07) is 11.7. The van der Waals surface area contributed by atoms with Crippen molar-refractivity contribution < 1.29 is 22.6 Å². The Kier molecular flexibility index (Phi) is 6.24. The first-order chi connectivity index (χ1) is 16.8. The first-order valence-corrected chi connectivity index (χ1v) is 11.3. The molecule has 0 aliphatic carbocycles. The van der Waals surface area contributed by atoms with Gasteiger partial charge in [0.15, 0.2) is 11.6 Å². The number of fused-ring (bicyclic) bond motifs is 5. The van der Waals surface area contributed by atoms with Crippen LogP contribution in [-0.2, 0) is 30.7 Å². The molecule has 0 atom stereocenters. The van der Waals surface area contributed by atoms with E-state index in [1.165, 1.54) is 12.1 Å². The standard InChI is InChI=1S/C24H21ClF3N5O2/c1-34-13-22-30-31-23-18-11-16(25)8-9-20(18)33-14-29-19(21(33)12-32(22)23)7-3-5-15-4-2-6-17(10-15)35-24(26,27)28/h2,4,6,8-11,14H,3,5,7,12-13H2,1H3. The summed E-state index contributed by atoms with van der Waals surface area (Å²) in [5.74, 6) is 1.17. The number of ether oxygens (including phenoxy) is 2. The number of rotatable bonds is 7. The number of alkyl halides is 3. The van der Waals surface area contributed by atoms with Gasteiger partial charge < -0.3 is 18.6 Å². The highest BCUT2D eigenvalue weighted by Crippen LogP contribution is 2.34. The molecule has 0 N–H and O–H groups in total. The van der Waals surface area contributed by atoms with Crippen LogP contribution in [0.2, 0.25) is 5.02 Å². The summed E-state index contributed by atoms with van der Waals surface area (Å²) in [5, 5.41) is 9.29. The molecule has 182 valence electrons. The number of aromatic nitrogens is 5. The summed E-state index contributed by atoms with van der Waals surface area (Å²) < 4.78 is 51.0. The zero-order chi connectivity index (χ0) is 24.6. The molecule has 11 heteroatoms. The smallest absolute Gasteiger partial charge is 0.406 e. The van der Waals surface area contributed by atoms with Crippen molar-refractivity contribution in [1.82, 2.24) is 24.3 Å². The second-order valence-corrected chi connectivity index (χ2v) is 8.61. The lowest BCUT2D eigenvalue weighted by molar-refractivity contribution is -0.274. The van der Waals surface area contributed by atoms with Crippen molar-refractivity contribution in [3.05, 3.63) is 76.6 Å². The van der Waals surface area contributed by atoms with Crippen molar-refractivity contribution in [3.8, 4) is 22.8 Å². The topological polar surface area (TPSA) is 67.0 Å². The molecule has 1 aliphatic rings. The van der Waals surface area contributed by atoms with Gasteiger partial charge >= 0.3 is 6.36 Å². The van der Waals surface area contributed by atoms with Gasteiger partial charge in [0.1, 0.15) is 12.4 Å². The van der Waals surface area contributed by atoms with E-state index >= 15 is 0 Å². The number of aryl methyl sites for hydroxylation is 2. The Morgan fingerprint density at radius 3 is 2.74 bits per heavy atom. The molecule has 0 fully saturated rings. The van der Waals surface area contributed by atoms with Gasteiger partial charge in [-0.15, -0.1) is 23.4 Å². The molecule has 0 saturated heterocycles. The highest BCUT2D eigenvalue weighted by Gasteiger charge is 2.31. The highest BCUT2D eigenvalue weighted by molar-refractivity contribution is 6.31. The molecule has 3 heterocycles. The maximum Gasteiger partial charge on any atom is 0.573 e. The third-order valence-corrected chi connectivity index (χ3v) is 6.07. The van der Waals surface area contributed by atoms with Gasteiger partial charge in [0.25, 0.3) is 0 Å². The molecule has 4 aromatic rings. The average Bonchev–Trinajstić information content (AvgIpc) is 3.34. The van der Waals surface area contributed by atoms with Crippen LogP contribution in [0.25, 0.3) is 17.1 Å². The molecule has 0 radical (unpaired) electrons. The van der Waals surface area contributed by atoms with Crippen molar-refractivity contribution in [1.29, 1.82) is 0 Å². The van der Waals surface area contributed by atoms with E-state index in [0.29, 0.717) is 49.1 Å². The van der Waals surface area contributed by atoms with E-state index in [1.807, 2.05) is 27.3 Å². The minimum absolute atomic E-state index is 0.216. The lowest BCUT2D eigenvalue weighted by Crippen LogP contribution is -2.17. The zero-order valence-electron chi connectivity index (χ0n) is 18.7. The van der Waals surface area contributed by atoms with Gasteiger partial charge in [-0.3, -0.25) is 0 Å². The summed E-state index contributed by atoms with van der Waals surface area (Å²) in [7, 11) is 1.60. The van der Waals surface area contributed by atoms with Crippen molar-refractivity contribution in [2.75, 3.05) is 7.11 Å². The predicted octanol–water partition coefficient (Wildman–Crippen LogP) is 5.37. The summed E-state index contributed by atoms with van der Waals surface area (Å²) in [6.07, 6.45) is -0.999. The normalized spacial score (nSPS) is 12.6. The number of hydrogen-bond donors (Lipinski definition) is 0. The molecule has 2 aromatic heterocycles. The summed E-state index contributed by atoms with van der Waals surface area (Å²) in [4.78, 5) is 4.66. The molecular weight excluding hydrogens is 483 g/mol. The van der Waals surface area contributed by atoms with Gasteiger partial charge in [-0.25, -0.2) is 4.98 Å². The molecule has 5 rings (SSSR count). The third-order valence-electron chi connectivity index (χ3n) is 5.83. The largest absolute Gasteiger partial charge is 0.573 e. The third kappa shape index (κ3) is 4.89. The van der Waals surface area contributed by atoms with E-state index in [4.69, 9.17) is 16.3 Å². The Labute approximate surface area is 204 Å². The van der Waals surface area contributed by atoms with Gasteiger partial charge in [0.2, 0.25) is 0 Å². The van der Waals surface area contributed by atoms with Crippen molar-refractivity contribution in [2.45, 2.75) is 38.8 Å². The maximum atomic E-state index is 12.5. The number of methoxy groups -OCH3 is 1. The Bertz CT molecular complexity index is 1370. The molecule has 0 unspecified atom stereocenters. The van der Waals surface area contributed by atoms with Crippen molar-refractivity contribution in [3.63, 3.8) is 0 Å². The fraction of sp³-hybridized carbons (Fsp3) is 0.292. The SMILES string of the molecule is COCc1nnc2n1Cc1c(CCCc3cccc(OC(F)(F)F)c3)ncn1-c1ccc(Cl)cc1-2. The van der Waals surface area contributed by atoms with Crippen LogP contribution in [-0.4, -0.2) is 37.8 Å². The number of hydrogen-bond acceptors (Lipinski definition) is 5. The molecule has 0 spiro atoms. The van der Waals surface area contributed by atoms with Gasteiger partial charge in [-0.05, 0) is 55.2 Å². The van der Waals surface area contributed by atoms with E-state index < -0.39 is 6.36 Å². The zero-order valence-corrected chi connectivity index (χ0v) is 19.5. The van der Waals surface area contributed by atoms with Crippen LogP contribution >= 0.6 is 11.6 Å². The molecule has 0 bridgehead atoms. The van der Waals surface area contributed by atoms with Crippen LogP contribution in [0.3, 0.4) is 0 Å². The molecule has 0 saturated carbocycles. The van der Waals surface area contributed by atoms with Gasteiger partial charge in [0.05, 0.1) is 29.9 Å². The molecule has 7 nitrogen and oxygen atoms in total.